The Hall–Kier alpha value is -0.990. The summed E-state index contributed by atoms with van der Waals surface area (Å²) >= 11 is 1.85. The van der Waals surface area contributed by atoms with Gasteiger partial charge >= 0.3 is 5.97 Å². The molecule has 1 rings (SSSR count). The summed E-state index contributed by atoms with van der Waals surface area (Å²) in [6, 6.07) is 1.19. The molecular weight excluding hydrogens is 347 g/mol. The number of hydrogen-bond acceptors (Lipinski definition) is 4. The van der Waals surface area contributed by atoms with Crippen molar-refractivity contribution in [1.82, 2.24) is 4.98 Å². The van der Waals surface area contributed by atoms with Gasteiger partial charge in [0.05, 0.1) is 26.3 Å². The normalized spacial score (nSPS) is 10.5. The molecule has 0 radical (unpaired) electrons. The zero-order chi connectivity index (χ0) is 13.0. The number of esters is 1. The van der Waals surface area contributed by atoms with Crippen molar-refractivity contribution in [2.75, 3.05) is 14.2 Å². The van der Waals surface area contributed by atoms with Gasteiger partial charge in [0.2, 0.25) is 0 Å². The fourth-order valence-electron chi connectivity index (χ4n) is 1.20. The second kappa shape index (κ2) is 6.08. The Morgan fingerprint density at radius 2 is 2.18 bits per heavy atom. The van der Waals surface area contributed by atoms with Crippen LogP contribution in [-0.2, 0) is 16.0 Å². The third-order valence-electron chi connectivity index (χ3n) is 2.05. The van der Waals surface area contributed by atoms with Crippen LogP contribution >= 0.6 is 22.6 Å². The van der Waals surface area contributed by atoms with Gasteiger partial charge in [0.25, 0.3) is 6.43 Å². The topological polar surface area (TPSA) is 48.4 Å². The standard InChI is InChI=1S/C10H10F2INO3/c1-16-7-3-5(9(11)12)6(14-10(7)13)4-8(15)17-2/h3,9H,4H2,1-2H3. The van der Waals surface area contributed by atoms with E-state index in [4.69, 9.17) is 4.74 Å². The lowest BCUT2D eigenvalue weighted by Crippen LogP contribution is -2.10. The van der Waals surface area contributed by atoms with Gasteiger partial charge in [-0.1, -0.05) is 0 Å². The number of carbonyl (C=O) groups excluding carboxylic acids is 1. The van der Waals surface area contributed by atoms with Crippen LogP contribution in [0.1, 0.15) is 17.7 Å². The zero-order valence-electron chi connectivity index (χ0n) is 9.17. The van der Waals surface area contributed by atoms with Crippen LogP contribution in [0.3, 0.4) is 0 Å². The van der Waals surface area contributed by atoms with E-state index in [2.05, 4.69) is 9.72 Å². The molecule has 0 atom stereocenters. The number of rotatable bonds is 4. The van der Waals surface area contributed by atoms with Crippen LogP contribution in [-0.4, -0.2) is 25.2 Å². The average molecular weight is 357 g/mol. The van der Waals surface area contributed by atoms with Crippen molar-refractivity contribution in [3.8, 4) is 5.75 Å². The first-order valence-corrected chi connectivity index (χ1v) is 5.65. The van der Waals surface area contributed by atoms with Crippen molar-refractivity contribution < 1.29 is 23.0 Å². The summed E-state index contributed by atoms with van der Waals surface area (Å²) in [5, 5.41) is 0. The predicted molar refractivity (Wildman–Crippen MR) is 64.2 cm³/mol. The fourth-order valence-corrected chi connectivity index (χ4v) is 1.87. The van der Waals surface area contributed by atoms with Crippen molar-refractivity contribution in [3.05, 3.63) is 21.0 Å². The van der Waals surface area contributed by atoms with E-state index in [0.717, 1.165) is 0 Å². The van der Waals surface area contributed by atoms with E-state index in [9.17, 15) is 13.6 Å². The highest BCUT2D eigenvalue weighted by molar-refractivity contribution is 14.1. The summed E-state index contributed by atoms with van der Waals surface area (Å²) in [6.45, 7) is 0. The van der Waals surface area contributed by atoms with Crippen molar-refractivity contribution in [2.24, 2.45) is 0 Å². The number of pyridine rings is 1. The second-order valence-corrected chi connectivity index (χ2v) is 4.09. The van der Waals surface area contributed by atoms with Crippen molar-refractivity contribution in [1.29, 1.82) is 0 Å². The van der Waals surface area contributed by atoms with Crippen LogP contribution in [0.2, 0.25) is 0 Å². The molecule has 0 bridgehead atoms. The largest absolute Gasteiger partial charge is 0.494 e. The highest BCUT2D eigenvalue weighted by Crippen LogP contribution is 2.29. The molecule has 0 aliphatic rings. The molecule has 17 heavy (non-hydrogen) atoms. The summed E-state index contributed by atoms with van der Waals surface area (Å²) in [5.74, 6) is -0.352. The van der Waals surface area contributed by atoms with E-state index in [1.807, 2.05) is 22.6 Å². The van der Waals surface area contributed by atoms with Crippen molar-refractivity contribution >= 4 is 28.6 Å². The number of hydrogen-bond donors (Lipinski definition) is 0. The third-order valence-corrected chi connectivity index (χ3v) is 2.82. The highest BCUT2D eigenvalue weighted by Gasteiger charge is 2.20. The quantitative estimate of drug-likeness (QED) is 0.472. The summed E-state index contributed by atoms with van der Waals surface area (Å²) in [5.41, 5.74) is -0.301. The Balaban J connectivity index is 3.18. The highest BCUT2D eigenvalue weighted by atomic mass is 127. The maximum Gasteiger partial charge on any atom is 0.311 e. The Morgan fingerprint density at radius 3 is 2.65 bits per heavy atom. The number of carbonyl (C=O) groups is 1. The first-order valence-electron chi connectivity index (χ1n) is 4.57. The molecule has 0 aromatic carbocycles. The molecule has 0 aliphatic carbocycles. The van der Waals surface area contributed by atoms with Gasteiger partial charge in [-0.3, -0.25) is 4.79 Å². The van der Waals surface area contributed by atoms with Crippen molar-refractivity contribution in [3.63, 3.8) is 0 Å². The van der Waals surface area contributed by atoms with Gasteiger partial charge in [0.1, 0.15) is 3.70 Å². The molecular formula is C10H10F2INO3. The SMILES string of the molecule is COC(=O)Cc1nc(I)c(OC)cc1C(F)F. The molecule has 7 heteroatoms. The maximum absolute atomic E-state index is 12.8. The number of methoxy groups -OCH3 is 2. The fraction of sp³-hybridized carbons (Fsp3) is 0.400. The Morgan fingerprint density at radius 1 is 1.53 bits per heavy atom. The summed E-state index contributed by atoms with van der Waals surface area (Å²) in [7, 11) is 2.56. The van der Waals surface area contributed by atoms with Gasteiger partial charge < -0.3 is 9.47 Å². The number of nitrogens with zero attached hydrogens (tertiary/aromatic N) is 1. The van der Waals surface area contributed by atoms with Gasteiger partial charge in [0, 0.05) is 5.56 Å². The van der Waals surface area contributed by atoms with Crippen LogP contribution in [0.4, 0.5) is 8.78 Å². The zero-order valence-corrected chi connectivity index (χ0v) is 11.3. The Bertz CT molecular complexity index is 426. The van der Waals surface area contributed by atoms with Crippen LogP contribution in [0.5, 0.6) is 5.75 Å². The molecule has 1 aromatic heterocycles. The van der Waals surface area contributed by atoms with E-state index < -0.39 is 12.4 Å². The molecule has 0 saturated heterocycles. The number of alkyl halides is 2. The van der Waals surface area contributed by atoms with E-state index in [1.54, 1.807) is 0 Å². The summed E-state index contributed by atoms with van der Waals surface area (Å²) in [4.78, 5) is 15.0. The van der Waals surface area contributed by atoms with Crippen molar-refractivity contribution in [2.45, 2.75) is 12.8 Å². The molecule has 0 amide bonds. The molecule has 0 fully saturated rings. The van der Waals surface area contributed by atoms with Crippen LogP contribution < -0.4 is 4.74 Å². The van der Waals surface area contributed by atoms with E-state index in [0.29, 0.717) is 3.70 Å². The second-order valence-electron chi connectivity index (χ2n) is 3.07. The maximum atomic E-state index is 12.8. The van der Waals surface area contributed by atoms with E-state index >= 15 is 0 Å². The molecule has 1 aromatic rings. The van der Waals surface area contributed by atoms with Gasteiger partial charge in [-0.15, -0.1) is 0 Å². The molecule has 94 valence electrons. The number of halogens is 3. The molecule has 4 nitrogen and oxygen atoms in total. The van der Waals surface area contributed by atoms with Crippen LogP contribution in [0.15, 0.2) is 6.07 Å². The molecule has 0 saturated carbocycles. The molecule has 0 unspecified atom stereocenters. The summed E-state index contributed by atoms with van der Waals surface area (Å²) in [6.07, 6.45) is -3.00. The molecule has 1 heterocycles. The van der Waals surface area contributed by atoms with E-state index in [-0.39, 0.29) is 23.4 Å². The monoisotopic (exact) mass is 357 g/mol. The predicted octanol–water partition coefficient (Wildman–Crippen LogP) is 2.35. The Labute approximate surface area is 110 Å². The van der Waals surface area contributed by atoms with Crippen LogP contribution in [0, 0.1) is 3.70 Å². The number of ether oxygens (including phenoxy) is 2. The average Bonchev–Trinajstić information content (AvgIpc) is 2.28. The van der Waals surface area contributed by atoms with Gasteiger partial charge in [-0.2, -0.15) is 0 Å². The molecule has 0 spiro atoms. The lowest BCUT2D eigenvalue weighted by molar-refractivity contribution is -0.139. The smallest absolute Gasteiger partial charge is 0.311 e. The van der Waals surface area contributed by atoms with Gasteiger partial charge in [0.15, 0.2) is 5.75 Å². The molecule has 0 aliphatic heterocycles. The summed E-state index contributed by atoms with van der Waals surface area (Å²) < 4.78 is 35.3. The molecule has 0 N–H and O–H groups in total. The van der Waals surface area contributed by atoms with Crippen LogP contribution in [0.25, 0.3) is 0 Å². The number of aromatic nitrogens is 1. The van der Waals surface area contributed by atoms with Gasteiger partial charge in [-0.25, -0.2) is 13.8 Å². The first-order chi connectivity index (χ1) is 7.99. The van der Waals surface area contributed by atoms with Gasteiger partial charge in [-0.05, 0) is 28.7 Å². The van der Waals surface area contributed by atoms with E-state index in [1.165, 1.54) is 20.3 Å². The Kier molecular flexibility index (Phi) is 5.03. The first kappa shape index (κ1) is 14.1. The lowest BCUT2D eigenvalue weighted by atomic mass is 10.1. The minimum atomic E-state index is -2.71. The minimum absolute atomic E-state index is 0.0112. The minimum Gasteiger partial charge on any atom is -0.494 e. The third kappa shape index (κ3) is 3.48. The lowest BCUT2D eigenvalue weighted by Gasteiger charge is -2.10.